The van der Waals surface area contributed by atoms with E-state index < -0.39 is 0 Å². The molecule has 9 heteroatoms. The van der Waals surface area contributed by atoms with Crippen molar-refractivity contribution in [2.75, 3.05) is 23.9 Å². The Morgan fingerprint density at radius 1 is 1.26 bits per heavy atom. The molecule has 3 aromatic rings. The molecule has 2 N–H and O–H groups in total. The highest BCUT2D eigenvalue weighted by Gasteiger charge is 2.42. The number of hydrogen-bond donors (Lipinski definition) is 2. The van der Waals surface area contributed by atoms with Gasteiger partial charge in [0.15, 0.2) is 5.11 Å². The molecule has 34 heavy (non-hydrogen) atoms. The molecule has 4 rings (SSSR count). The van der Waals surface area contributed by atoms with Gasteiger partial charge >= 0.3 is 0 Å². The van der Waals surface area contributed by atoms with Crippen molar-refractivity contribution >= 4 is 46.2 Å². The van der Waals surface area contributed by atoms with E-state index in [1.807, 2.05) is 62.5 Å². The number of rotatable bonds is 8. The Bertz CT molecular complexity index is 1170. The second-order valence-electron chi connectivity index (χ2n) is 8.42. The molecule has 0 unspecified atom stereocenters. The number of ether oxygens (including phenoxy) is 1. The number of aromatic nitrogens is 2. The minimum absolute atomic E-state index is 0.0860. The second-order valence-corrected chi connectivity index (χ2v) is 9.22. The Hall–Kier alpha value is -2.94. The SMILES string of the molecule is COCCn1cccc1[C@@H]1[C@@H](c2ccccn2)NC(=S)N1c1ccc(NC(=O)C(C)C)c(Cl)c1. The van der Waals surface area contributed by atoms with E-state index in [4.69, 9.17) is 28.6 Å². The smallest absolute Gasteiger partial charge is 0.226 e. The van der Waals surface area contributed by atoms with Gasteiger partial charge in [0.05, 0.1) is 29.1 Å². The number of nitrogens with one attached hydrogen (secondary N) is 2. The maximum absolute atomic E-state index is 12.2. The first kappa shape index (κ1) is 24.2. The third-order valence-corrected chi connectivity index (χ3v) is 6.44. The monoisotopic (exact) mass is 497 g/mol. The summed E-state index contributed by atoms with van der Waals surface area (Å²) >= 11 is 12.4. The zero-order chi connectivity index (χ0) is 24.2. The van der Waals surface area contributed by atoms with E-state index in [-0.39, 0.29) is 23.9 Å². The van der Waals surface area contributed by atoms with Crippen molar-refractivity contribution < 1.29 is 9.53 Å². The van der Waals surface area contributed by atoms with E-state index in [9.17, 15) is 4.79 Å². The number of carbonyl (C=O) groups is 1. The number of nitrogens with zero attached hydrogens (tertiary/aromatic N) is 3. The van der Waals surface area contributed by atoms with Gasteiger partial charge in [-0.2, -0.15) is 0 Å². The fraction of sp³-hybridized carbons (Fsp3) is 0.320. The van der Waals surface area contributed by atoms with Crippen molar-refractivity contribution in [3.63, 3.8) is 0 Å². The normalized spacial score (nSPS) is 17.8. The lowest BCUT2D eigenvalue weighted by Gasteiger charge is -2.29. The summed E-state index contributed by atoms with van der Waals surface area (Å²) in [5.41, 5.74) is 3.37. The van der Waals surface area contributed by atoms with E-state index >= 15 is 0 Å². The summed E-state index contributed by atoms with van der Waals surface area (Å²) < 4.78 is 7.49. The summed E-state index contributed by atoms with van der Waals surface area (Å²) in [7, 11) is 1.69. The van der Waals surface area contributed by atoms with Crippen LogP contribution in [0.5, 0.6) is 0 Å². The van der Waals surface area contributed by atoms with Crippen LogP contribution in [0.3, 0.4) is 0 Å². The molecule has 1 fully saturated rings. The van der Waals surface area contributed by atoms with Crippen LogP contribution in [0.15, 0.2) is 60.9 Å². The highest BCUT2D eigenvalue weighted by atomic mass is 35.5. The maximum atomic E-state index is 12.2. The molecule has 0 spiro atoms. The van der Waals surface area contributed by atoms with Crippen molar-refractivity contribution in [3.05, 3.63) is 77.3 Å². The summed E-state index contributed by atoms with van der Waals surface area (Å²) in [6, 6.07) is 15.2. The number of carbonyl (C=O) groups excluding carboxylic acids is 1. The van der Waals surface area contributed by atoms with E-state index in [1.165, 1.54) is 0 Å². The third-order valence-electron chi connectivity index (χ3n) is 5.82. The van der Waals surface area contributed by atoms with Crippen LogP contribution in [-0.4, -0.2) is 34.3 Å². The van der Waals surface area contributed by atoms with Crippen LogP contribution >= 0.6 is 23.8 Å². The number of methoxy groups -OCH3 is 1. The first-order valence-electron chi connectivity index (χ1n) is 11.2. The highest BCUT2D eigenvalue weighted by molar-refractivity contribution is 7.80. The zero-order valence-corrected chi connectivity index (χ0v) is 20.9. The van der Waals surface area contributed by atoms with Crippen LogP contribution in [0.1, 0.15) is 37.3 Å². The zero-order valence-electron chi connectivity index (χ0n) is 19.4. The average Bonchev–Trinajstić information content (AvgIpc) is 3.43. The van der Waals surface area contributed by atoms with Crippen molar-refractivity contribution in [2.45, 2.75) is 32.5 Å². The summed E-state index contributed by atoms with van der Waals surface area (Å²) in [6.45, 7) is 4.99. The van der Waals surface area contributed by atoms with Gasteiger partial charge in [-0.15, -0.1) is 0 Å². The van der Waals surface area contributed by atoms with E-state index in [0.29, 0.717) is 29.0 Å². The Morgan fingerprint density at radius 3 is 2.76 bits per heavy atom. The van der Waals surface area contributed by atoms with Gasteiger partial charge in [0.2, 0.25) is 5.91 Å². The first-order chi connectivity index (χ1) is 16.4. The molecule has 0 aliphatic carbocycles. The predicted molar refractivity (Wildman–Crippen MR) is 139 cm³/mol. The Kier molecular flexibility index (Phi) is 7.50. The third kappa shape index (κ3) is 4.94. The minimum Gasteiger partial charge on any atom is -0.383 e. The Balaban J connectivity index is 1.74. The van der Waals surface area contributed by atoms with Gasteiger partial charge in [-0.3, -0.25) is 9.78 Å². The van der Waals surface area contributed by atoms with Crippen LogP contribution in [0.25, 0.3) is 0 Å². The van der Waals surface area contributed by atoms with Crippen molar-refractivity contribution in [1.29, 1.82) is 0 Å². The predicted octanol–water partition coefficient (Wildman–Crippen LogP) is 4.95. The molecule has 0 saturated carbocycles. The molecule has 0 radical (unpaired) electrons. The summed E-state index contributed by atoms with van der Waals surface area (Å²) in [4.78, 5) is 18.8. The molecule has 2 aromatic heterocycles. The quantitative estimate of drug-likeness (QED) is 0.429. The number of anilines is 2. The van der Waals surface area contributed by atoms with Crippen LogP contribution < -0.4 is 15.5 Å². The molecule has 3 heterocycles. The number of pyridine rings is 1. The molecular weight excluding hydrogens is 470 g/mol. The van der Waals surface area contributed by atoms with Crippen molar-refractivity contribution in [3.8, 4) is 0 Å². The van der Waals surface area contributed by atoms with Crippen molar-refractivity contribution in [1.82, 2.24) is 14.9 Å². The number of amides is 1. The standard InChI is InChI=1S/C25H28ClN5O2S/c1-16(2)24(32)28-19-10-9-17(15-18(19)26)31-23(21-8-6-12-30(21)13-14-33-3)22(29-25(31)34)20-7-4-5-11-27-20/h4-12,15-16,22-23H,13-14H2,1-3H3,(H,28,32)(H,29,34)/t22-,23-/m1/s1. The lowest BCUT2D eigenvalue weighted by Crippen LogP contribution is -2.30. The molecule has 1 saturated heterocycles. The van der Waals surface area contributed by atoms with Gasteiger partial charge in [0.25, 0.3) is 0 Å². The van der Waals surface area contributed by atoms with Gasteiger partial charge < -0.3 is 24.8 Å². The van der Waals surface area contributed by atoms with Gasteiger partial charge in [-0.25, -0.2) is 0 Å². The van der Waals surface area contributed by atoms with Crippen LogP contribution in [0, 0.1) is 5.92 Å². The van der Waals surface area contributed by atoms with Crippen molar-refractivity contribution in [2.24, 2.45) is 5.92 Å². The van der Waals surface area contributed by atoms with E-state index in [1.54, 1.807) is 13.3 Å². The number of hydrogen-bond acceptors (Lipinski definition) is 4. The second kappa shape index (κ2) is 10.5. The van der Waals surface area contributed by atoms with Gasteiger partial charge in [-0.1, -0.05) is 31.5 Å². The van der Waals surface area contributed by atoms with Gasteiger partial charge in [0, 0.05) is 43.3 Å². The van der Waals surface area contributed by atoms with E-state index in [2.05, 4.69) is 31.2 Å². The molecular formula is C25H28ClN5O2S. The molecule has 1 aliphatic heterocycles. The molecule has 1 aliphatic rings. The summed E-state index contributed by atoms with van der Waals surface area (Å²) in [6.07, 6.45) is 3.83. The van der Waals surface area contributed by atoms with Crippen LogP contribution in [0.4, 0.5) is 11.4 Å². The maximum Gasteiger partial charge on any atom is 0.226 e. The fourth-order valence-corrected chi connectivity index (χ4v) is 4.62. The molecule has 0 bridgehead atoms. The molecule has 1 amide bonds. The number of benzene rings is 1. The molecule has 7 nitrogen and oxygen atoms in total. The molecule has 1 aromatic carbocycles. The van der Waals surface area contributed by atoms with Gasteiger partial charge in [0.1, 0.15) is 6.04 Å². The van der Waals surface area contributed by atoms with Crippen LogP contribution in [0.2, 0.25) is 5.02 Å². The average molecular weight is 498 g/mol. The lowest BCUT2D eigenvalue weighted by atomic mass is 10.0. The summed E-state index contributed by atoms with van der Waals surface area (Å²) in [5, 5.41) is 7.36. The fourth-order valence-electron chi connectivity index (χ4n) is 4.05. The van der Waals surface area contributed by atoms with E-state index in [0.717, 1.165) is 17.1 Å². The van der Waals surface area contributed by atoms with Gasteiger partial charge in [-0.05, 0) is 54.7 Å². The number of halogens is 1. The molecule has 178 valence electrons. The topological polar surface area (TPSA) is 71.4 Å². The minimum atomic E-state index is -0.165. The summed E-state index contributed by atoms with van der Waals surface area (Å²) in [5.74, 6) is -0.230. The largest absolute Gasteiger partial charge is 0.383 e. The first-order valence-corrected chi connectivity index (χ1v) is 11.9. The van der Waals surface area contributed by atoms with Crippen LogP contribution in [-0.2, 0) is 16.1 Å². The Morgan fingerprint density at radius 2 is 2.09 bits per heavy atom. The Labute approximate surface area is 210 Å². The highest BCUT2D eigenvalue weighted by Crippen LogP contribution is 2.42. The molecule has 2 atom stereocenters. The lowest BCUT2D eigenvalue weighted by molar-refractivity contribution is -0.118. The number of thiocarbonyl (C=S) groups is 1.